The molecule has 2 aromatic rings. The zero-order valence-corrected chi connectivity index (χ0v) is 10.0. The highest BCUT2D eigenvalue weighted by Crippen LogP contribution is 2.30. The lowest BCUT2D eigenvalue weighted by atomic mass is 10.3. The number of ether oxygens (including phenoxy) is 1. The van der Waals surface area contributed by atoms with Gasteiger partial charge in [0.1, 0.15) is 24.8 Å². The number of nitrogens with zero attached hydrogens (tertiary/aromatic N) is 7. The molecule has 0 bridgehead atoms. The molecule has 2 rings (SSSR count). The van der Waals surface area contributed by atoms with E-state index in [0.717, 1.165) is 17.2 Å². The van der Waals surface area contributed by atoms with Crippen molar-refractivity contribution >= 4 is 5.69 Å². The third kappa shape index (κ3) is 1.87. The van der Waals surface area contributed by atoms with Crippen LogP contribution < -0.4 is 4.74 Å². The predicted octanol–water partition coefficient (Wildman–Crippen LogP) is 0.322. The fraction of sp³-hybridized carbons (Fsp3) is 0.100. The zero-order valence-electron chi connectivity index (χ0n) is 10.0. The lowest BCUT2D eigenvalue weighted by molar-refractivity contribution is -0.386. The number of imidazole rings is 1. The van der Waals surface area contributed by atoms with Gasteiger partial charge in [-0.25, -0.2) is 9.97 Å². The summed E-state index contributed by atoms with van der Waals surface area (Å²) in [6, 6.07) is 3.47. The molecule has 10 heteroatoms. The SMILES string of the molecule is COc1ncnc(-n2cnc(C#N)c2C#N)c1[N+](=O)[O-]. The molecule has 0 unspecified atom stereocenters. The Hall–Kier alpha value is -3.53. The molecule has 0 fully saturated rings. The molecule has 0 aliphatic heterocycles. The smallest absolute Gasteiger partial charge is 0.373 e. The van der Waals surface area contributed by atoms with E-state index in [9.17, 15) is 10.1 Å². The van der Waals surface area contributed by atoms with Gasteiger partial charge in [0.25, 0.3) is 5.88 Å². The van der Waals surface area contributed by atoms with E-state index in [4.69, 9.17) is 15.3 Å². The summed E-state index contributed by atoms with van der Waals surface area (Å²) >= 11 is 0. The Morgan fingerprint density at radius 2 is 2.10 bits per heavy atom. The van der Waals surface area contributed by atoms with Crippen LogP contribution in [0, 0.1) is 32.8 Å². The highest BCUT2D eigenvalue weighted by Gasteiger charge is 2.27. The first-order chi connectivity index (χ1) is 9.63. The van der Waals surface area contributed by atoms with Crippen molar-refractivity contribution in [2.24, 2.45) is 0 Å². The Morgan fingerprint density at radius 3 is 2.65 bits per heavy atom. The predicted molar refractivity (Wildman–Crippen MR) is 61.8 cm³/mol. The van der Waals surface area contributed by atoms with E-state index in [0.29, 0.717) is 0 Å². The first-order valence-corrected chi connectivity index (χ1v) is 5.05. The van der Waals surface area contributed by atoms with Crippen molar-refractivity contribution in [1.82, 2.24) is 19.5 Å². The quantitative estimate of drug-likeness (QED) is 0.573. The van der Waals surface area contributed by atoms with Crippen LogP contribution in [-0.4, -0.2) is 31.6 Å². The normalized spacial score (nSPS) is 9.55. The third-order valence-corrected chi connectivity index (χ3v) is 2.35. The average molecular weight is 271 g/mol. The Kier molecular flexibility index (Phi) is 3.22. The average Bonchev–Trinajstić information content (AvgIpc) is 2.88. The standard InChI is InChI=1S/C10H5N7O3/c1-20-10-8(17(18)19)9(13-4-14-10)16-5-15-6(2-11)7(16)3-12/h4-5H,1H3. The summed E-state index contributed by atoms with van der Waals surface area (Å²) in [4.78, 5) is 21.5. The van der Waals surface area contributed by atoms with Crippen molar-refractivity contribution in [1.29, 1.82) is 10.5 Å². The molecule has 0 aromatic carbocycles. The van der Waals surface area contributed by atoms with E-state index >= 15 is 0 Å². The Balaban J connectivity index is 2.78. The van der Waals surface area contributed by atoms with Crippen LogP contribution in [0.3, 0.4) is 0 Å². The van der Waals surface area contributed by atoms with E-state index in [1.54, 1.807) is 12.1 Å². The Morgan fingerprint density at radius 1 is 1.35 bits per heavy atom. The Labute approximate surface area is 111 Å². The molecule has 0 saturated heterocycles. The fourth-order valence-corrected chi connectivity index (χ4v) is 1.54. The summed E-state index contributed by atoms with van der Waals surface area (Å²) < 4.78 is 5.84. The van der Waals surface area contributed by atoms with Gasteiger partial charge in [0.05, 0.1) is 12.0 Å². The number of aromatic nitrogens is 4. The molecule has 0 saturated carbocycles. The first kappa shape index (κ1) is 12.9. The molecular weight excluding hydrogens is 266 g/mol. The van der Waals surface area contributed by atoms with Gasteiger partial charge in [0.2, 0.25) is 5.82 Å². The summed E-state index contributed by atoms with van der Waals surface area (Å²) in [5, 5.41) is 29.0. The zero-order chi connectivity index (χ0) is 14.7. The molecule has 2 heterocycles. The largest absolute Gasteiger partial charge is 0.476 e. The maximum Gasteiger partial charge on any atom is 0.373 e. The maximum absolute atomic E-state index is 11.1. The molecule has 10 nitrogen and oxygen atoms in total. The number of nitriles is 2. The molecule has 0 aliphatic rings. The van der Waals surface area contributed by atoms with Crippen molar-refractivity contribution < 1.29 is 9.66 Å². The van der Waals surface area contributed by atoms with Crippen LogP contribution in [-0.2, 0) is 0 Å². The van der Waals surface area contributed by atoms with Crippen LogP contribution in [0.15, 0.2) is 12.7 Å². The van der Waals surface area contributed by atoms with Crippen LogP contribution in [0.25, 0.3) is 5.82 Å². The van der Waals surface area contributed by atoms with Crippen LogP contribution in [0.5, 0.6) is 5.88 Å². The van der Waals surface area contributed by atoms with E-state index in [1.165, 1.54) is 7.11 Å². The maximum atomic E-state index is 11.1. The Bertz CT molecular complexity index is 768. The molecule has 0 amide bonds. The van der Waals surface area contributed by atoms with Crippen molar-refractivity contribution in [2.75, 3.05) is 7.11 Å². The lowest BCUT2D eigenvalue weighted by Crippen LogP contribution is -2.07. The highest BCUT2D eigenvalue weighted by molar-refractivity contribution is 5.56. The molecule has 20 heavy (non-hydrogen) atoms. The van der Waals surface area contributed by atoms with Crippen LogP contribution >= 0.6 is 0 Å². The van der Waals surface area contributed by atoms with Crippen molar-refractivity contribution in [3.05, 3.63) is 34.2 Å². The topological polar surface area (TPSA) is 144 Å². The van der Waals surface area contributed by atoms with Gasteiger partial charge in [-0.05, 0) is 0 Å². The van der Waals surface area contributed by atoms with Crippen molar-refractivity contribution in [2.45, 2.75) is 0 Å². The molecule has 0 N–H and O–H groups in total. The second-order valence-corrected chi connectivity index (χ2v) is 3.35. The minimum absolute atomic E-state index is 0.153. The summed E-state index contributed by atoms with van der Waals surface area (Å²) in [6.07, 6.45) is 2.15. The van der Waals surface area contributed by atoms with E-state index in [-0.39, 0.29) is 23.1 Å². The molecule has 0 aliphatic carbocycles. The molecule has 0 atom stereocenters. The highest BCUT2D eigenvalue weighted by atomic mass is 16.6. The fourth-order valence-electron chi connectivity index (χ4n) is 1.54. The van der Waals surface area contributed by atoms with Crippen molar-refractivity contribution in [3.63, 3.8) is 0 Å². The van der Waals surface area contributed by atoms with Crippen LogP contribution in [0.4, 0.5) is 5.69 Å². The van der Waals surface area contributed by atoms with Crippen LogP contribution in [0.1, 0.15) is 11.4 Å². The molecular formula is C10H5N7O3. The van der Waals surface area contributed by atoms with Gasteiger partial charge in [-0.2, -0.15) is 15.5 Å². The summed E-state index contributed by atoms with van der Waals surface area (Å²) in [7, 11) is 1.22. The molecule has 0 spiro atoms. The van der Waals surface area contributed by atoms with Gasteiger partial charge in [0, 0.05) is 0 Å². The molecule has 0 radical (unpaired) electrons. The minimum atomic E-state index is -0.735. The van der Waals surface area contributed by atoms with E-state index in [1.807, 2.05) is 0 Å². The van der Waals surface area contributed by atoms with E-state index < -0.39 is 10.6 Å². The van der Waals surface area contributed by atoms with E-state index in [2.05, 4.69) is 15.0 Å². The number of hydrogen-bond donors (Lipinski definition) is 0. The second kappa shape index (κ2) is 4.99. The summed E-state index contributed by atoms with van der Waals surface area (Å²) in [6.45, 7) is 0. The molecule has 2 aromatic heterocycles. The monoisotopic (exact) mass is 271 g/mol. The van der Waals surface area contributed by atoms with Gasteiger partial charge in [-0.15, -0.1) is 0 Å². The second-order valence-electron chi connectivity index (χ2n) is 3.35. The molecule has 98 valence electrons. The number of rotatable bonds is 3. The lowest BCUT2D eigenvalue weighted by Gasteiger charge is -2.05. The van der Waals surface area contributed by atoms with Gasteiger partial charge in [-0.1, -0.05) is 0 Å². The number of methoxy groups -OCH3 is 1. The summed E-state index contributed by atoms with van der Waals surface area (Å²) in [5.41, 5.74) is -0.830. The van der Waals surface area contributed by atoms with Gasteiger partial charge in [-0.3, -0.25) is 14.7 Å². The van der Waals surface area contributed by atoms with Gasteiger partial charge >= 0.3 is 5.69 Å². The summed E-state index contributed by atoms with van der Waals surface area (Å²) in [5.74, 6) is -0.455. The van der Waals surface area contributed by atoms with Gasteiger partial charge in [0.15, 0.2) is 11.4 Å². The third-order valence-electron chi connectivity index (χ3n) is 2.35. The van der Waals surface area contributed by atoms with Crippen LogP contribution in [0.2, 0.25) is 0 Å². The number of hydrogen-bond acceptors (Lipinski definition) is 8. The van der Waals surface area contributed by atoms with Crippen molar-refractivity contribution in [3.8, 4) is 23.8 Å². The minimum Gasteiger partial charge on any atom is -0.476 e. The first-order valence-electron chi connectivity index (χ1n) is 5.05. The van der Waals surface area contributed by atoms with Gasteiger partial charge < -0.3 is 4.74 Å². The number of nitro groups is 1.